The predicted octanol–water partition coefficient (Wildman–Crippen LogP) is 4.23. The molecule has 0 spiro atoms. The van der Waals surface area contributed by atoms with Crippen molar-refractivity contribution < 1.29 is 9.90 Å². The van der Waals surface area contributed by atoms with Gasteiger partial charge in [-0.05, 0) is 53.9 Å². The van der Waals surface area contributed by atoms with Crippen LogP contribution in [0.5, 0.6) is 5.75 Å². The van der Waals surface area contributed by atoms with E-state index in [4.69, 9.17) is 0 Å². The molecule has 108 valence electrons. The molecule has 0 unspecified atom stereocenters. The quantitative estimate of drug-likeness (QED) is 0.580. The van der Waals surface area contributed by atoms with Gasteiger partial charge in [0.05, 0.1) is 11.1 Å². The number of aromatic nitrogens is 1. The number of fused-ring (bicyclic) bond motifs is 1. The van der Waals surface area contributed by atoms with Crippen LogP contribution >= 0.6 is 0 Å². The molecule has 1 aromatic heterocycles. The molecule has 0 fully saturated rings. The van der Waals surface area contributed by atoms with Gasteiger partial charge in [0.15, 0.2) is 6.29 Å². The minimum Gasteiger partial charge on any atom is -0.507 e. The molecule has 0 saturated heterocycles. The normalized spacial score (nSPS) is 11.1. The maximum absolute atomic E-state index is 11.0. The fourth-order valence-corrected chi connectivity index (χ4v) is 2.41. The van der Waals surface area contributed by atoms with Gasteiger partial charge in [0.25, 0.3) is 0 Å². The maximum atomic E-state index is 11.0. The number of rotatable bonds is 3. The Kier molecular flexibility index (Phi) is 3.71. The summed E-state index contributed by atoms with van der Waals surface area (Å²) < 4.78 is 0. The Labute approximate surface area is 128 Å². The number of phenolic OH excluding ortho intramolecular Hbond substituents is 1. The van der Waals surface area contributed by atoms with Crippen molar-refractivity contribution in [1.29, 1.82) is 0 Å². The number of nitrogens with zero attached hydrogens (tertiary/aromatic N) is 1. The number of aldehydes is 1. The van der Waals surface area contributed by atoms with Crippen LogP contribution in [0.2, 0.25) is 0 Å². The Bertz CT molecular complexity index is 882. The first kappa shape index (κ1) is 14.0. The van der Waals surface area contributed by atoms with E-state index in [9.17, 15) is 9.90 Å². The van der Waals surface area contributed by atoms with Gasteiger partial charge in [0.2, 0.25) is 0 Å². The van der Waals surface area contributed by atoms with Gasteiger partial charge in [0, 0.05) is 11.6 Å². The van der Waals surface area contributed by atoms with E-state index < -0.39 is 0 Å². The van der Waals surface area contributed by atoms with Crippen molar-refractivity contribution in [2.45, 2.75) is 6.92 Å². The third-order valence-corrected chi connectivity index (χ3v) is 3.57. The third-order valence-electron chi connectivity index (χ3n) is 3.57. The maximum Gasteiger partial charge on any atom is 0.153 e. The lowest BCUT2D eigenvalue weighted by Gasteiger charge is -2.04. The summed E-state index contributed by atoms with van der Waals surface area (Å²) in [6.07, 6.45) is 6.35. The highest BCUT2D eigenvalue weighted by atomic mass is 16.3. The number of carbonyl (C=O) groups is 1. The second-order valence-electron chi connectivity index (χ2n) is 5.18. The molecule has 0 amide bonds. The van der Waals surface area contributed by atoms with E-state index in [1.807, 2.05) is 42.5 Å². The monoisotopic (exact) mass is 289 g/mol. The number of aromatic hydroxyl groups is 1. The molecule has 0 aliphatic carbocycles. The van der Waals surface area contributed by atoms with Crippen molar-refractivity contribution in [2.24, 2.45) is 0 Å². The van der Waals surface area contributed by atoms with Crippen LogP contribution in [0.15, 0.2) is 48.7 Å². The third kappa shape index (κ3) is 2.74. The summed E-state index contributed by atoms with van der Waals surface area (Å²) in [7, 11) is 0. The molecule has 1 N–H and O–H groups in total. The van der Waals surface area contributed by atoms with Crippen LogP contribution in [0.4, 0.5) is 0 Å². The Hall–Kier alpha value is -2.94. The zero-order valence-electron chi connectivity index (χ0n) is 12.2. The highest BCUT2D eigenvalue weighted by Crippen LogP contribution is 2.24. The van der Waals surface area contributed by atoms with Crippen molar-refractivity contribution in [3.8, 4) is 5.75 Å². The number of benzene rings is 2. The number of pyridine rings is 1. The molecule has 0 aliphatic heterocycles. The summed E-state index contributed by atoms with van der Waals surface area (Å²) in [6.45, 7) is 1.78. The van der Waals surface area contributed by atoms with Crippen LogP contribution in [0, 0.1) is 6.92 Å². The van der Waals surface area contributed by atoms with Crippen LogP contribution in [0.3, 0.4) is 0 Å². The van der Waals surface area contributed by atoms with Crippen molar-refractivity contribution in [3.05, 3.63) is 70.9 Å². The minimum atomic E-state index is 0.0453. The average Bonchev–Trinajstić information content (AvgIpc) is 2.55. The lowest BCUT2D eigenvalue weighted by molar-refractivity contribution is 0.112. The van der Waals surface area contributed by atoms with Gasteiger partial charge in [-0.15, -0.1) is 0 Å². The lowest BCUT2D eigenvalue weighted by Crippen LogP contribution is -1.87. The number of phenols is 1. The van der Waals surface area contributed by atoms with Gasteiger partial charge >= 0.3 is 0 Å². The first-order chi connectivity index (χ1) is 10.7. The lowest BCUT2D eigenvalue weighted by atomic mass is 10.0. The Morgan fingerprint density at radius 1 is 1.05 bits per heavy atom. The van der Waals surface area contributed by atoms with Gasteiger partial charge in [0.1, 0.15) is 5.75 Å². The zero-order chi connectivity index (χ0) is 15.5. The molecule has 0 aliphatic rings. The number of carbonyl (C=O) groups excluding carboxylic acids is 1. The largest absolute Gasteiger partial charge is 0.507 e. The van der Waals surface area contributed by atoms with Gasteiger partial charge < -0.3 is 5.11 Å². The number of hydrogen-bond donors (Lipinski definition) is 1. The Morgan fingerprint density at radius 2 is 1.86 bits per heavy atom. The first-order valence-electron chi connectivity index (χ1n) is 6.99. The van der Waals surface area contributed by atoms with Crippen LogP contribution < -0.4 is 0 Å². The van der Waals surface area contributed by atoms with Gasteiger partial charge in [-0.2, -0.15) is 0 Å². The van der Waals surface area contributed by atoms with E-state index in [1.165, 1.54) is 0 Å². The molecule has 3 rings (SSSR count). The van der Waals surface area contributed by atoms with Crippen molar-refractivity contribution in [1.82, 2.24) is 4.98 Å². The minimum absolute atomic E-state index is 0.0453. The van der Waals surface area contributed by atoms with E-state index in [0.717, 1.165) is 22.0 Å². The van der Waals surface area contributed by atoms with Crippen molar-refractivity contribution >= 4 is 29.3 Å². The Balaban J connectivity index is 1.95. The predicted molar refractivity (Wildman–Crippen MR) is 88.9 cm³/mol. The highest BCUT2D eigenvalue weighted by molar-refractivity contribution is 5.85. The fraction of sp³-hybridized carbons (Fsp3) is 0.0526. The van der Waals surface area contributed by atoms with Crippen LogP contribution in [0.1, 0.15) is 27.0 Å². The van der Waals surface area contributed by atoms with E-state index in [1.54, 1.807) is 19.2 Å². The summed E-state index contributed by atoms with van der Waals surface area (Å²) in [6, 6.07) is 13.5. The molecule has 3 nitrogen and oxygen atoms in total. The van der Waals surface area contributed by atoms with Gasteiger partial charge in [-0.25, -0.2) is 0 Å². The second kappa shape index (κ2) is 5.82. The molecule has 1 heterocycles. The van der Waals surface area contributed by atoms with Crippen LogP contribution in [-0.2, 0) is 0 Å². The van der Waals surface area contributed by atoms with E-state index in [2.05, 4.69) is 11.1 Å². The summed E-state index contributed by atoms with van der Waals surface area (Å²) >= 11 is 0. The van der Waals surface area contributed by atoms with Gasteiger partial charge in [-0.3, -0.25) is 9.78 Å². The SMILES string of the molecule is Cc1cc(/C=C/c2ccc3ncccc3c2)cc(C=O)c1O. The first-order valence-corrected chi connectivity index (χ1v) is 6.99. The molecule has 22 heavy (non-hydrogen) atoms. The van der Waals surface area contributed by atoms with E-state index in [0.29, 0.717) is 17.4 Å². The molecule has 0 radical (unpaired) electrons. The second-order valence-corrected chi connectivity index (χ2v) is 5.18. The molecular formula is C19H15NO2. The van der Waals surface area contributed by atoms with Gasteiger partial charge in [-0.1, -0.05) is 24.3 Å². The fourth-order valence-electron chi connectivity index (χ4n) is 2.41. The molecule has 2 aromatic carbocycles. The highest BCUT2D eigenvalue weighted by Gasteiger charge is 2.04. The molecule has 0 saturated carbocycles. The number of hydrogen-bond acceptors (Lipinski definition) is 3. The van der Waals surface area contributed by atoms with E-state index >= 15 is 0 Å². The van der Waals surface area contributed by atoms with Crippen molar-refractivity contribution in [3.63, 3.8) is 0 Å². The zero-order valence-corrected chi connectivity index (χ0v) is 12.2. The standard InChI is InChI=1S/C19H15NO2/c1-13-9-15(11-17(12-21)19(13)22)5-4-14-6-7-18-16(10-14)3-2-8-20-18/h2-12,22H,1H3/b5-4+. The molecule has 0 atom stereocenters. The molecular weight excluding hydrogens is 274 g/mol. The summed E-state index contributed by atoms with van der Waals surface area (Å²) in [5.41, 5.74) is 3.89. The summed E-state index contributed by atoms with van der Waals surface area (Å²) in [5.74, 6) is 0.0453. The Morgan fingerprint density at radius 3 is 2.68 bits per heavy atom. The smallest absolute Gasteiger partial charge is 0.153 e. The molecule has 3 aromatic rings. The topological polar surface area (TPSA) is 50.2 Å². The van der Waals surface area contributed by atoms with Crippen LogP contribution in [-0.4, -0.2) is 16.4 Å². The summed E-state index contributed by atoms with van der Waals surface area (Å²) in [5, 5.41) is 10.8. The van der Waals surface area contributed by atoms with Crippen molar-refractivity contribution in [2.75, 3.05) is 0 Å². The van der Waals surface area contributed by atoms with Crippen LogP contribution in [0.25, 0.3) is 23.1 Å². The molecule has 0 bridgehead atoms. The average molecular weight is 289 g/mol. The summed E-state index contributed by atoms with van der Waals surface area (Å²) in [4.78, 5) is 15.3. The number of aryl methyl sites for hydroxylation is 1. The van der Waals surface area contributed by atoms with E-state index in [-0.39, 0.29) is 5.75 Å². The molecule has 3 heteroatoms.